The Labute approximate surface area is 170 Å². The van der Waals surface area contributed by atoms with Gasteiger partial charge in [0, 0.05) is 12.0 Å². The minimum absolute atomic E-state index is 0.0588. The van der Waals surface area contributed by atoms with E-state index in [-0.39, 0.29) is 17.2 Å². The Morgan fingerprint density at radius 3 is 2.34 bits per heavy atom. The van der Waals surface area contributed by atoms with Crippen molar-refractivity contribution in [2.75, 3.05) is 5.32 Å². The normalized spacial score (nSPS) is 18.0. The van der Waals surface area contributed by atoms with Crippen molar-refractivity contribution in [2.24, 2.45) is 0 Å². The van der Waals surface area contributed by atoms with Gasteiger partial charge in [0.05, 0.1) is 11.3 Å². The van der Waals surface area contributed by atoms with Crippen LogP contribution < -0.4 is 10.1 Å². The highest BCUT2D eigenvalue weighted by molar-refractivity contribution is 6.04. The molecule has 0 saturated heterocycles. The number of benzene rings is 2. The number of nitrogens with one attached hydrogen (secondary N) is 1. The number of carbonyl (C=O) groups excluding carboxylic acids is 1. The van der Waals surface area contributed by atoms with E-state index in [0.29, 0.717) is 29.8 Å². The van der Waals surface area contributed by atoms with E-state index in [1.54, 1.807) is 19.9 Å². The third-order valence-corrected chi connectivity index (χ3v) is 5.95. The number of amides is 1. The van der Waals surface area contributed by atoms with Crippen LogP contribution in [0.25, 0.3) is 0 Å². The van der Waals surface area contributed by atoms with Crippen molar-refractivity contribution in [2.45, 2.75) is 60.0 Å². The molecule has 3 rings (SSSR count). The quantitative estimate of drug-likeness (QED) is 0.715. The molecular weight excluding hydrogens is 370 g/mol. The lowest BCUT2D eigenvalue weighted by Gasteiger charge is -2.36. The highest BCUT2D eigenvalue weighted by atomic mass is 16.5. The Balaban J connectivity index is 1.98. The second kappa shape index (κ2) is 7.10. The van der Waals surface area contributed by atoms with Crippen LogP contribution >= 0.6 is 0 Å². The topological polar surface area (TPSA) is 95.9 Å². The summed E-state index contributed by atoms with van der Waals surface area (Å²) in [6.07, 6.45) is 1.00. The van der Waals surface area contributed by atoms with Gasteiger partial charge in [0.1, 0.15) is 11.5 Å². The van der Waals surface area contributed by atoms with E-state index < -0.39 is 11.6 Å². The van der Waals surface area contributed by atoms with Crippen molar-refractivity contribution in [1.82, 2.24) is 0 Å². The third kappa shape index (κ3) is 3.43. The molecule has 1 unspecified atom stereocenters. The lowest BCUT2D eigenvalue weighted by molar-refractivity contribution is -0.131. The van der Waals surface area contributed by atoms with Gasteiger partial charge >= 0.3 is 5.97 Å². The number of ether oxygens (including phenoxy) is 1. The van der Waals surface area contributed by atoms with Crippen LogP contribution in [0.5, 0.6) is 11.5 Å². The number of carbonyl (C=O) groups is 2. The first-order valence-corrected chi connectivity index (χ1v) is 9.63. The van der Waals surface area contributed by atoms with Crippen LogP contribution in [0.4, 0.5) is 5.69 Å². The maximum Gasteiger partial charge on any atom is 0.337 e. The van der Waals surface area contributed by atoms with Gasteiger partial charge in [-0.15, -0.1) is 0 Å². The number of aryl methyl sites for hydroxylation is 2. The van der Waals surface area contributed by atoms with Crippen LogP contribution in [0, 0.1) is 34.6 Å². The standard InChI is InChI=1S/C23H27NO5/c1-11-9-12(2)18(17(10-11)21(26)27)24-22(28)23(6)8-7-16-15(5)19(25)13(3)14(4)20(16)29-23/h9-10,25H,7-8H2,1-6H3,(H,24,28)(H,26,27). The minimum Gasteiger partial charge on any atom is -0.507 e. The van der Waals surface area contributed by atoms with Crippen LogP contribution in [-0.2, 0) is 11.2 Å². The predicted molar refractivity (Wildman–Crippen MR) is 111 cm³/mol. The SMILES string of the molecule is Cc1cc(C)c(NC(=O)C2(C)CCc3c(C)c(O)c(C)c(C)c3O2)c(C(=O)O)c1. The first kappa shape index (κ1) is 20.7. The average Bonchev–Trinajstić information content (AvgIpc) is 2.66. The lowest BCUT2D eigenvalue weighted by atomic mass is 9.86. The molecule has 0 saturated carbocycles. The maximum absolute atomic E-state index is 13.2. The van der Waals surface area contributed by atoms with E-state index in [0.717, 1.165) is 27.8 Å². The second-order valence-electron chi connectivity index (χ2n) is 8.13. The van der Waals surface area contributed by atoms with Gasteiger partial charge in [-0.05, 0) is 81.8 Å². The number of anilines is 1. The Kier molecular flexibility index (Phi) is 5.07. The number of hydrogen-bond donors (Lipinski definition) is 3. The molecule has 6 nitrogen and oxygen atoms in total. The Morgan fingerprint density at radius 1 is 1.07 bits per heavy atom. The number of carboxylic acid groups (broad SMARTS) is 1. The van der Waals surface area contributed by atoms with Gasteiger partial charge in [0.15, 0.2) is 5.60 Å². The fraction of sp³-hybridized carbons (Fsp3) is 0.391. The van der Waals surface area contributed by atoms with Gasteiger partial charge in [-0.2, -0.15) is 0 Å². The molecule has 2 aromatic rings. The molecule has 0 bridgehead atoms. The summed E-state index contributed by atoms with van der Waals surface area (Å²) in [5, 5.41) is 22.7. The molecule has 29 heavy (non-hydrogen) atoms. The van der Waals surface area contributed by atoms with E-state index in [2.05, 4.69) is 5.32 Å². The molecule has 0 aliphatic carbocycles. The maximum atomic E-state index is 13.2. The minimum atomic E-state index is -1.15. The fourth-order valence-electron chi connectivity index (χ4n) is 3.96. The molecule has 1 amide bonds. The van der Waals surface area contributed by atoms with E-state index >= 15 is 0 Å². The summed E-state index contributed by atoms with van der Waals surface area (Å²) in [6.45, 7) is 10.8. The van der Waals surface area contributed by atoms with Crippen LogP contribution in [0.15, 0.2) is 12.1 Å². The summed E-state index contributed by atoms with van der Waals surface area (Å²) in [7, 11) is 0. The number of aromatic carboxylic acids is 1. The van der Waals surface area contributed by atoms with E-state index in [4.69, 9.17) is 4.74 Å². The molecule has 154 valence electrons. The zero-order valence-electron chi connectivity index (χ0n) is 17.7. The van der Waals surface area contributed by atoms with Crippen molar-refractivity contribution in [3.8, 4) is 11.5 Å². The molecule has 2 aromatic carbocycles. The van der Waals surface area contributed by atoms with Gasteiger partial charge in [-0.1, -0.05) is 6.07 Å². The molecule has 0 radical (unpaired) electrons. The summed E-state index contributed by atoms with van der Waals surface area (Å²) in [6, 6.07) is 3.38. The molecular formula is C23H27NO5. The van der Waals surface area contributed by atoms with Gasteiger partial charge in [0.2, 0.25) is 0 Å². The number of phenols is 1. The highest BCUT2D eigenvalue weighted by Crippen LogP contribution is 2.43. The zero-order valence-corrected chi connectivity index (χ0v) is 17.7. The Morgan fingerprint density at radius 2 is 1.72 bits per heavy atom. The van der Waals surface area contributed by atoms with Crippen LogP contribution in [0.1, 0.15) is 57.1 Å². The van der Waals surface area contributed by atoms with Gasteiger partial charge in [0.25, 0.3) is 5.91 Å². The summed E-state index contributed by atoms with van der Waals surface area (Å²) >= 11 is 0. The smallest absolute Gasteiger partial charge is 0.337 e. The number of rotatable bonds is 3. The van der Waals surface area contributed by atoms with Gasteiger partial charge in [-0.3, -0.25) is 4.79 Å². The summed E-state index contributed by atoms with van der Waals surface area (Å²) in [5.41, 5.74) is 3.91. The first-order chi connectivity index (χ1) is 13.5. The Bertz CT molecular complexity index is 1040. The molecule has 0 spiro atoms. The van der Waals surface area contributed by atoms with Crippen molar-refractivity contribution in [3.05, 3.63) is 51.1 Å². The molecule has 1 heterocycles. The second-order valence-corrected chi connectivity index (χ2v) is 8.13. The molecule has 0 fully saturated rings. The molecule has 0 aromatic heterocycles. The zero-order chi connectivity index (χ0) is 21.7. The lowest BCUT2D eigenvalue weighted by Crippen LogP contribution is -2.48. The van der Waals surface area contributed by atoms with Crippen LogP contribution in [-0.4, -0.2) is 27.7 Å². The molecule has 1 atom stereocenters. The number of hydrogen-bond acceptors (Lipinski definition) is 4. The van der Waals surface area contributed by atoms with Gasteiger partial charge < -0.3 is 20.3 Å². The van der Waals surface area contributed by atoms with Gasteiger partial charge in [-0.25, -0.2) is 4.79 Å². The molecule has 3 N–H and O–H groups in total. The van der Waals surface area contributed by atoms with Crippen molar-refractivity contribution >= 4 is 17.6 Å². The first-order valence-electron chi connectivity index (χ1n) is 9.63. The van der Waals surface area contributed by atoms with Crippen molar-refractivity contribution < 1.29 is 24.5 Å². The fourth-order valence-corrected chi connectivity index (χ4v) is 3.96. The summed E-state index contributed by atoms with van der Waals surface area (Å²) < 4.78 is 6.19. The van der Waals surface area contributed by atoms with Crippen molar-refractivity contribution in [3.63, 3.8) is 0 Å². The van der Waals surface area contributed by atoms with E-state index in [9.17, 15) is 19.8 Å². The molecule has 6 heteroatoms. The van der Waals surface area contributed by atoms with E-state index in [1.807, 2.05) is 33.8 Å². The molecule has 1 aliphatic rings. The third-order valence-electron chi connectivity index (χ3n) is 5.95. The average molecular weight is 397 g/mol. The number of fused-ring (bicyclic) bond motifs is 1. The number of carboxylic acids is 1. The number of phenolic OH excluding ortho intramolecular Hbond substituents is 1. The predicted octanol–water partition coefficient (Wildman–Crippen LogP) is 4.35. The van der Waals surface area contributed by atoms with Crippen molar-refractivity contribution in [1.29, 1.82) is 0 Å². The van der Waals surface area contributed by atoms with Crippen LogP contribution in [0.2, 0.25) is 0 Å². The van der Waals surface area contributed by atoms with E-state index in [1.165, 1.54) is 0 Å². The number of aromatic hydroxyl groups is 1. The monoisotopic (exact) mass is 397 g/mol. The molecule has 1 aliphatic heterocycles. The highest BCUT2D eigenvalue weighted by Gasteiger charge is 2.41. The largest absolute Gasteiger partial charge is 0.507 e. The van der Waals surface area contributed by atoms with Crippen LogP contribution in [0.3, 0.4) is 0 Å². The summed E-state index contributed by atoms with van der Waals surface area (Å²) in [5.74, 6) is -0.592. The Hall–Kier alpha value is -3.02. The summed E-state index contributed by atoms with van der Waals surface area (Å²) in [4.78, 5) is 24.9.